The summed E-state index contributed by atoms with van der Waals surface area (Å²) < 4.78 is 48.6. The summed E-state index contributed by atoms with van der Waals surface area (Å²) in [6, 6.07) is 5.29. The molecule has 0 atom stereocenters. The van der Waals surface area contributed by atoms with Gasteiger partial charge in [-0.25, -0.2) is 8.42 Å². The molecule has 116 valence electrons. The van der Waals surface area contributed by atoms with Crippen molar-refractivity contribution in [2.24, 2.45) is 0 Å². The first-order chi connectivity index (χ1) is 10.2. The van der Waals surface area contributed by atoms with Gasteiger partial charge in [-0.3, -0.25) is 14.9 Å². The Labute approximate surface area is 122 Å². The van der Waals surface area contributed by atoms with Crippen molar-refractivity contribution < 1.29 is 22.1 Å². The Morgan fingerprint density at radius 2 is 1.73 bits per heavy atom. The first kappa shape index (κ1) is 15.8. The molecule has 0 radical (unpaired) electrons. The number of halogens is 2. The number of rotatable bonds is 4. The highest BCUT2D eigenvalue weighted by Crippen LogP contribution is 2.20. The van der Waals surface area contributed by atoms with Crippen LogP contribution in [0.1, 0.15) is 0 Å². The molecule has 1 aromatic heterocycles. The molecular weight excluding hydrogens is 322 g/mol. The zero-order valence-electron chi connectivity index (χ0n) is 10.7. The number of alkyl halides is 2. The Bertz CT molecular complexity index is 875. The summed E-state index contributed by atoms with van der Waals surface area (Å²) in [6.45, 7) is 0. The first-order valence-corrected chi connectivity index (χ1v) is 7.27. The number of hydrogen-bond acceptors (Lipinski definition) is 5. The Kier molecular flexibility index (Phi) is 4.04. The molecule has 0 amide bonds. The number of aromatic nitrogens is 1. The predicted molar refractivity (Wildman–Crippen MR) is 71.9 cm³/mol. The van der Waals surface area contributed by atoms with E-state index in [1.54, 1.807) is 0 Å². The molecule has 0 spiro atoms. The van der Waals surface area contributed by atoms with Gasteiger partial charge in [0.25, 0.3) is 5.43 Å². The number of sulfone groups is 1. The van der Waals surface area contributed by atoms with Crippen molar-refractivity contribution in [2.75, 3.05) is 0 Å². The van der Waals surface area contributed by atoms with E-state index >= 15 is 0 Å². The molecule has 10 heteroatoms. The minimum absolute atomic E-state index is 0.274. The number of benzene rings is 1. The second-order valence-electron chi connectivity index (χ2n) is 4.16. The molecule has 0 aliphatic heterocycles. The fourth-order valence-corrected chi connectivity index (χ4v) is 2.40. The molecule has 0 unspecified atom stereocenters. The molecule has 2 rings (SSSR count). The highest BCUT2D eigenvalue weighted by molar-refractivity contribution is 7.91. The first-order valence-electron chi connectivity index (χ1n) is 5.72. The monoisotopic (exact) mass is 330 g/mol. The minimum Gasteiger partial charge on any atom is -0.317 e. The van der Waals surface area contributed by atoms with Gasteiger partial charge in [-0.05, 0) is 24.3 Å². The summed E-state index contributed by atoms with van der Waals surface area (Å²) in [7, 11) is -4.70. The molecule has 0 fully saturated rings. The second-order valence-corrected chi connectivity index (χ2v) is 6.08. The minimum atomic E-state index is -4.70. The maximum Gasteiger partial charge on any atom is 0.341 e. The Balaban J connectivity index is 2.46. The summed E-state index contributed by atoms with van der Waals surface area (Å²) in [6.07, 6.45) is 2.20. The molecule has 0 N–H and O–H groups in total. The smallest absolute Gasteiger partial charge is 0.317 e. The average Bonchev–Trinajstić information content (AvgIpc) is 2.47. The van der Waals surface area contributed by atoms with Crippen molar-refractivity contribution in [2.45, 2.75) is 10.7 Å². The lowest BCUT2D eigenvalue weighted by Gasteiger charge is -2.07. The van der Waals surface area contributed by atoms with E-state index in [1.807, 2.05) is 0 Å². The van der Waals surface area contributed by atoms with Crippen molar-refractivity contribution in [1.29, 1.82) is 0 Å². The van der Waals surface area contributed by atoms with Crippen LogP contribution in [0.3, 0.4) is 0 Å². The average molecular weight is 330 g/mol. The van der Waals surface area contributed by atoms with Gasteiger partial charge in [-0.15, -0.1) is 0 Å². The molecule has 1 aromatic carbocycles. The van der Waals surface area contributed by atoms with Crippen LogP contribution in [0.25, 0.3) is 5.69 Å². The van der Waals surface area contributed by atoms with E-state index in [4.69, 9.17) is 0 Å². The van der Waals surface area contributed by atoms with Gasteiger partial charge in [-0.1, -0.05) is 0 Å². The van der Waals surface area contributed by atoms with Crippen LogP contribution in [0, 0.1) is 10.1 Å². The number of pyridine rings is 1. The van der Waals surface area contributed by atoms with Crippen LogP contribution in [-0.2, 0) is 9.84 Å². The third kappa shape index (κ3) is 2.86. The summed E-state index contributed by atoms with van der Waals surface area (Å²) in [5, 5.41) is 10.7. The lowest BCUT2D eigenvalue weighted by molar-refractivity contribution is -0.386. The maximum atomic E-state index is 12.4. The largest absolute Gasteiger partial charge is 0.341 e. The molecule has 0 saturated carbocycles. The van der Waals surface area contributed by atoms with Gasteiger partial charge in [0.2, 0.25) is 9.84 Å². The third-order valence-electron chi connectivity index (χ3n) is 2.79. The topological polar surface area (TPSA) is 99.3 Å². The van der Waals surface area contributed by atoms with Gasteiger partial charge >= 0.3 is 11.4 Å². The van der Waals surface area contributed by atoms with Gasteiger partial charge in [0.15, 0.2) is 0 Å². The summed E-state index contributed by atoms with van der Waals surface area (Å²) in [5.41, 5.74) is -1.17. The lowest BCUT2D eigenvalue weighted by atomic mass is 10.3. The van der Waals surface area contributed by atoms with Crippen LogP contribution in [0.2, 0.25) is 0 Å². The molecular formula is C12H8F2N2O5S. The fraction of sp³-hybridized carbons (Fsp3) is 0.0833. The molecule has 0 aliphatic carbocycles. The SMILES string of the molecule is O=c1ccn(-c2ccc(S(=O)(=O)C(F)F)cc2)cc1[N+](=O)[O-]. The van der Waals surface area contributed by atoms with Crippen LogP contribution < -0.4 is 5.43 Å². The highest BCUT2D eigenvalue weighted by Gasteiger charge is 2.26. The van der Waals surface area contributed by atoms with Crippen LogP contribution >= 0.6 is 0 Å². The number of hydrogen-bond donors (Lipinski definition) is 0. The zero-order chi connectivity index (χ0) is 16.5. The summed E-state index contributed by atoms with van der Waals surface area (Å²) >= 11 is 0. The van der Waals surface area contributed by atoms with Crippen molar-refractivity contribution in [3.8, 4) is 5.69 Å². The van der Waals surface area contributed by atoms with Gasteiger partial charge in [0, 0.05) is 18.0 Å². The third-order valence-corrected chi connectivity index (χ3v) is 4.19. The van der Waals surface area contributed by atoms with Crippen molar-refractivity contribution in [3.05, 3.63) is 63.1 Å². The van der Waals surface area contributed by atoms with Gasteiger partial charge in [0.1, 0.15) is 0 Å². The molecule has 2 aromatic rings. The van der Waals surface area contributed by atoms with Crippen LogP contribution in [0.4, 0.5) is 14.5 Å². The lowest BCUT2D eigenvalue weighted by Crippen LogP contribution is -2.12. The molecule has 0 bridgehead atoms. The van der Waals surface area contributed by atoms with Gasteiger partial charge < -0.3 is 4.57 Å². The fourth-order valence-electron chi connectivity index (χ4n) is 1.68. The quantitative estimate of drug-likeness (QED) is 0.628. The van der Waals surface area contributed by atoms with E-state index in [2.05, 4.69) is 0 Å². The summed E-state index contributed by atoms with van der Waals surface area (Å²) in [4.78, 5) is 20.6. The van der Waals surface area contributed by atoms with E-state index in [1.165, 1.54) is 22.9 Å². The van der Waals surface area contributed by atoms with Gasteiger partial charge in [0.05, 0.1) is 16.0 Å². The predicted octanol–water partition coefficient (Wildman–Crippen LogP) is 1.74. The summed E-state index contributed by atoms with van der Waals surface area (Å²) in [5.74, 6) is -3.54. The normalized spacial score (nSPS) is 11.6. The zero-order valence-corrected chi connectivity index (χ0v) is 11.5. The molecule has 0 aliphatic rings. The molecule has 0 saturated heterocycles. The number of nitro groups is 1. The van der Waals surface area contributed by atoms with Crippen LogP contribution in [-0.4, -0.2) is 23.7 Å². The van der Waals surface area contributed by atoms with E-state index in [0.29, 0.717) is 0 Å². The van der Waals surface area contributed by atoms with E-state index < -0.39 is 36.5 Å². The maximum absolute atomic E-state index is 12.4. The Morgan fingerprint density at radius 3 is 2.23 bits per heavy atom. The van der Waals surface area contributed by atoms with E-state index in [0.717, 1.165) is 24.4 Å². The molecule has 7 nitrogen and oxygen atoms in total. The van der Waals surface area contributed by atoms with E-state index in [9.17, 15) is 32.1 Å². The number of nitrogens with zero attached hydrogens (tertiary/aromatic N) is 2. The second kappa shape index (κ2) is 5.64. The van der Waals surface area contributed by atoms with Gasteiger partial charge in [-0.2, -0.15) is 8.78 Å². The highest BCUT2D eigenvalue weighted by atomic mass is 32.2. The van der Waals surface area contributed by atoms with Crippen molar-refractivity contribution >= 4 is 15.5 Å². The Morgan fingerprint density at radius 1 is 1.14 bits per heavy atom. The van der Waals surface area contributed by atoms with Crippen molar-refractivity contribution in [3.63, 3.8) is 0 Å². The van der Waals surface area contributed by atoms with E-state index in [-0.39, 0.29) is 5.69 Å². The molecule has 1 heterocycles. The van der Waals surface area contributed by atoms with Crippen LogP contribution in [0.15, 0.2) is 52.4 Å². The van der Waals surface area contributed by atoms with Crippen LogP contribution in [0.5, 0.6) is 0 Å². The van der Waals surface area contributed by atoms with Crippen molar-refractivity contribution in [1.82, 2.24) is 4.57 Å². The Hall–Kier alpha value is -2.62. The standard InChI is InChI=1S/C12H8F2N2O5S/c13-12(14)22(20,21)9-3-1-8(2-4-9)15-6-5-11(17)10(7-15)16(18)19/h1-7,12H. The molecule has 22 heavy (non-hydrogen) atoms.